The zero-order valence-electron chi connectivity index (χ0n) is 33.1. The molecule has 294 valence electrons. The lowest BCUT2D eigenvalue weighted by Gasteiger charge is -2.12. The van der Waals surface area contributed by atoms with Crippen molar-refractivity contribution in [3.8, 4) is 0 Å². The van der Waals surface area contributed by atoms with Gasteiger partial charge >= 0.3 is 11.9 Å². The van der Waals surface area contributed by atoms with Crippen LogP contribution in [0.3, 0.4) is 0 Å². The van der Waals surface area contributed by atoms with Crippen molar-refractivity contribution in [2.24, 2.45) is 5.92 Å². The SMILES string of the molecule is CC/C=C\C(O)C/C=C/C=C\C/C=C\C/C=C\CCCC(=O)OC[C@H](O)COC(=O)CCCCCCCCCCCCCCCCCCC(C)C. The normalized spacial score (nSPS) is 13.5. The van der Waals surface area contributed by atoms with Crippen LogP contribution in [0, 0.1) is 5.92 Å². The van der Waals surface area contributed by atoms with Crippen LogP contribution in [0.25, 0.3) is 0 Å². The van der Waals surface area contributed by atoms with Crippen LogP contribution in [0.2, 0.25) is 0 Å². The third-order valence-electron chi connectivity index (χ3n) is 8.77. The van der Waals surface area contributed by atoms with E-state index in [-0.39, 0.29) is 31.6 Å². The standard InChI is InChI=1S/C45H78O6/c1-4-5-35-42(46)36-31-27-23-19-15-12-13-17-21-25-29-33-38-45(49)51-40-43(47)39-50-44(48)37-32-28-24-20-16-11-9-7-6-8-10-14-18-22-26-30-34-41(2)3/h5,12-13,19,21,23,25,27,31,35,41-43,46-47H,4,6-11,14-18,20,22,24,26,28-30,32-34,36-40H2,1-3H3/b13-12-,23-19-,25-21-,31-27+,35-5-/t42?,43-/m1/s1. The maximum atomic E-state index is 12.0. The van der Waals surface area contributed by atoms with Gasteiger partial charge in [-0.3, -0.25) is 9.59 Å². The largest absolute Gasteiger partial charge is 0.463 e. The Bertz CT molecular complexity index is 931. The Labute approximate surface area is 313 Å². The van der Waals surface area contributed by atoms with E-state index in [2.05, 4.69) is 44.2 Å². The molecule has 0 saturated heterocycles. The number of ether oxygens (including phenoxy) is 2. The molecule has 0 spiro atoms. The summed E-state index contributed by atoms with van der Waals surface area (Å²) in [5, 5.41) is 19.7. The molecule has 6 heteroatoms. The van der Waals surface area contributed by atoms with Crippen molar-refractivity contribution < 1.29 is 29.3 Å². The Morgan fingerprint density at radius 2 is 1.00 bits per heavy atom. The van der Waals surface area contributed by atoms with Crippen LogP contribution in [-0.2, 0) is 19.1 Å². The molecule has 2 atom stereocenters. The van der Waals surface area contributed by atoms with Gasteiger partial charge in [0.1, 0.15) is 19.3 Å². The monoisotopic (exact) mass is 715 g/mol. The van der Waals surface area contributed by atoms with Crippen LogP contribution < -0.4 is 0 Å². The van der Waals surface area contributed by atoms with Gasteiger partial charge in [0.15, 0.2) is 0 Å². The molecule has 0 heterocycles. The first-order valence-electron chi connectivity index (χ1n) is 20.8. The number of aliphatic hydroxyl groups excluding tert-OH is 2. The second-order valence-corrected chi connectivity index (χ2v) is 14.4. The summed E-state index contributed by atoms with van der Waals surface area (Å²) in [6.45, 7) is 6.38. The fourth-order valence-electron chi connectivity index (χ4n) is 5.62. The quantitative estimate of drug-likeness (QED) is 0.0290. The molecule has 0 radical (unpaired) electrons. The number of hydrogen-bond donors (Lipinski definition) is 2. The average Bonchev–Trinajstić information content (AvgIpc) is 3.11. The summed E-state index contributed by atoms with van der Waals surface area (Å²) in [5.74, 6) is 0.200. The summed E-state index contributed by atoms with van der Waals surface area (Å²) in [6, 6.07) is 0. The van der Waals surface area contributed by atoms with Crippen molar-refractivity contribution in [1.29, 1.82) is 0 Å². The first kappa shape index (κ1) is 48.6. The Morgan fingerprint density at radius 1 is 0.549 bits per heavy atom. The maximum absolute atomic E-state index is 12.0. The number of aliphatic hydroxyl groups is 2. The van der Waals surface area contributed by atoms with E-state index in [0.29, 0.717) is 19.3 Å². The van der Waals surface area contributed by atoms with E-state index < -0.39 is 12.2 Å². The summed E-state index contributed by atoms with van der Waals surface area (Å²) in [4.78, 5) is 24.0. The second kappa shape index (κ2) is 38.8. The van der Waals surface area contributed by atoms with Crippen LogP contribution in [0.4, 0.5) is 0 Å². The number of allylic oxidation sites excluding steroid dienone is 8. The lowest BCUT2D eigenvalue weighted by atomic mass is 10.0. The van der Waals surface area contributed by atoms with Gasteiger partial charge < -0.3 is 19.7 Å². The highest BCUT2D eigenvalue weighted by atomic mass is 16.6. The van der Waals surface area contributed by atoms with E-state index in [1.807, 2.05) is 37.3 Å². The highest BCUT2D eigenvalue weighted by Gasteiger charge is 2.12. The van der Waals surface area contributed by atoms with Crippen molar-refractivity contribution in [2.45, 2.75) is 193 Å². The van der Waals surface area contributed by atoms with Crippen LogP contribution >= 0.6 is 0 Å². The van der Waals surface area contributed by atoms with E-state index in [9.17, 15) is 19.8 Å². The third-order valence-corrected chi connectivity index (χ3v) is 8.77. The Hall–Kier alpha value is -2.44. The first-order chi connectivity index (χ1) is 24.8. The number of carbonyl (C=O) groups excluding carboxylic acids is 2. The van der Waals surface area contributed by atoms with Crippen LogP contribution in [0.1, 0.15) is 181 Å². The summed E-state index contributed by atoms with van der Waals surface area (Å²) >= 11 is 0. The summed E-state index contributed by atoms with van der Waals surface area (Å²) in [7, 11) is 0. The number of carbonyl (C=O) groups is 2. The molecule has 0 aromatic heterocycles. The van der Waals surface area contributed by atoms with E-state index in [1.54, 1.807) is 0 Å². The van der Waals surface area contributed by atoms with Crippen LogP contribution in [0.5, 0.6) is 0 Å². The fourth-order valence-corrected chi connectivity index (χ4v) is 5.62. The zero-order valence-corrected chi connectivity index (χ0v) is 33.1. The van der Waals surface area contributed by atoms with E-state index in [1.165, 1.54) is 89.9 Å². The topological polar surface area (TPSA) is 93.1 Å². The number of hydrogen-bond acceptors (Lipinski definition) is 6. The Kier molecular flexibility index (Phi) is 36.9. The summed E-state index contributed by atoms with van der Waals surface area (Å²) in [5.41, 5.74) is 0. The van der Waals surface area contributed by atoms with Crippen molar-refractivity contribution in [2.75, 3.05) is 13.2 Å². The minimum Gasteiger partial charge on any atom is -0.463 e. The fraction of sp³-hybridized carbons (Fsp3) is 0.733. The first-order valence-corrected chi connectivity index (χ1v) is 20.8. The lowest BCUT2D eigenvalue weighted by molar-refractivity contribution is -0.152. The molecular formula is C45H78O6. The molecule has 0 rings (SSSR count). The number of unbranched alkanes of at least 4 members (excludes halogenated alkanes) is 16. The second-order valence-electron chi connectivity index (χ2n) is 14.4. The number of esters is 2. The van der Waals surface area contributed by atoms with Crippen LogP contribution in [0.15, 0.2) is 60.8 Å². The predicted molar refractivity (Wildman–Crippen MR) is 216 cm³/mol. The van der Waals surface area contributed by atoms with Crippen LogP contribution in [-0.4, -0.2) is 47.6 Å². The molecule has 0 aliphatic carbocycles. The van der Waals surface area contributed by atoms with E-state index >= 15 is 0 Å². The molecule has 0 fully saturated rings. The molecule has 0 aromatic carbocycles. The molecular weight excluding hydrogens is 636 g/mol. The molecule has 0 amide bonds. The summed E-state index contributed by atoms with van der Waals surface area (Å²) < 4.78 is 10.3. The van der Waals surface area contributed by atoms with Gasteiger partial charge in [0, 0.05) is 12.8 Å². The predicted octanol–water partition coefficient (Wildman–Crippen LogP) is 12.0. The molecule has 51 heavy (non-hydrogen) atoms. The highest BCUT2D eigenvalue weighted by molar-refractivity contribution is 5.69. The number of rotatable bonds is 36. The molecule has 2 N–H and O–H groups in total. The highest BCUT2D eigenvalue weighted by Crippen LogP contribution is 2.15. The minimum atomic E-state index is -0.999. The van der Waals surface area contributed by atoms with Crippen molar-refractivity contribution in [3.63, 3.8) is 0 Å². The smallest absolute Gasteiger partial charge is 0.305 e. The van der Waals surface area contributed by atoms with Crippen molar-refractivity contribution >= 4 is 11.9 Å². The maximum Gasteiger partial charge on any atom is 0.305 e. The van der Waals surface area contributed by atoms with Gasteiger partial charge in [-0.25, -0.2) is 0 Å². The third kappa shape index (κ3) is 40.2. The van der Waals surface area contributed by atoms with Gasteiger partial charge in [-0.05, 0) is 50.9 Å². The zero-order chi connectivity index (χ0) is 37.5. The molecule has 0 saturated carbocycles. The van der Waals surface area contributed by atoms with Crippen molar-refractivity contribution in [3.05, 3.63) is 60.8 Å². The summed E-state index contributed by atoms with van der Waals surface area (Å²) in [6.07, 6.45) is 46.3. The molecule has 0 aliphatic rings. The van der Waals surface area contributed by atoms with E-state index in [4.69, 9.17) is 9.47 Å². The Morgan fingerprint density at radius 3 is 1.53 bits per heavy atom. The lowest BCUT2D eigenvalue weighted by Crippen LogP contribution is -2.25. The molecule has 6 nitrogen and oxygen atoms in total. The molecule has 0 bridgehead atoms. The molecule has 0 aliphatic heterocycles. The van der Waals surface area contributed by atoms with Gasteiger partial charge in [0.25, 0.3) is 0 Å². The van der Waals surface area contributed by atoms with Gasteiger partial charge in [-0.15, -0.1) is 0 Å². The van der Waals surface area contributed by atoms with E-state index in [0.717, 1.165) is 50.9 Å². The van der Waals surface area contributed by atoms with Gasteiger partial charge in [0.2, 0.25) is 0 Å². The van der Waals surface area contributed by atoms with Crippen molar-refractivity contribution in [1.82, 2.24) is 0 Å². The minimum absolute atomic E-state index is 0.144. The molecule has 0 aromatic rings. The van der Waals surface area contributed by atoms with Gasteiger partial charge in [0.05, 0.1) is 6.10 Å². The van der Waals surface area contributed by atoms with Gasteiger partial charge in [-0.2, -0.15) is 0 Å². The average molecular weight is 715 g/mol. The Balaban J connectivity index is 3.54. The van der Waals surface area contributed by atoms with Gasteiger partial charge in [-0.1, -0.05) is 184 Å². The molecule has 1 unspecified atom stereocenters.